The zero-order valence-corrected chi connectivity index (χ0v) is 10.6. The predicted molar refractivity (Wildman–Crippen MR) is 64.3 cm³/mol. The Hall–Kier alpha value is -0.190. The molecule has 0 amide bonds. The molecule has 0 saturated heterocycles. The number of rotatable bonds is 4. The third-order valence-corrected chi connectivity index (χ3v) is 3.18. The van der Waals surface area contributed by atoms with Gasteiger partial charge >= 0.3 is 6.18 Å². The van der Waals surface area contributed by atoms with Gasteiger partial charge in [0, 0.05) is 12.0 Å². The van der Waals surface area contributed by atoms with Crippen molar-refractivity contribution in [2.24, 2.45) is 4.99 Å². The molecule has 0 aromatic rings. The van der Waals surface area contributed by atoms with Crippen LogP contribution in [0.5, 0.6) is 0 Å². The molecule has 3 nitrogen and oxygen atoms in total. The van der Waals surface area contributed by atoms with Crippen molar-refractivity contribution in [1.82, 2.24) is 5.32 Å². The third-order valence-electron chi connectivity index (χ3n) is 3.01. The van der Waals surface area contributed by atoms with Crippen molar-refractivity contribution in [2.45, 2.75) is 50.0 Å². The molecule has 0 aromatic heterocycles. The summed E-state index contributed by atoms with van der Waals surface area (Å²) >= 11 is 0. The Morgan fingerprint density at radius 2 is 1.94 bits per heavy atom. The maximum atomic E-state index is 12.4. The molecule has 17 heavy (non-hydrogen) atoms. The molecule has 2 N–H and O–H groups in total. The molecule has 1 fully saturated rings. The van der Waals surface area contributed by atoms with Crippen molar-refractivity contribution < 1.29 is 18.3 Å². The maximum Gasteiger partial charge on any atom is 0.406 e. The van der Waals surface area contributed by atoms with Crippen LogP contribution < -0.4 is 5.32 Å². The van der Waals surface area contributed by atoms with E-state index in [1.807, 2.05) is 0 Å². The molecule has 7 heteroatoms. The fourth-order valence-corrected chi connectivity index (χ4v) is 2.29. The lowest BCUT2D eigenvalue weighted by Gasteiger charge is -2.31. The number of hydrogen-bond donors (Lipinski definition) is 2. The highest BCUT2D eigenvalue weighted by Crippen LogP contribution is 2.25. The van der Waals surface area contributed by atoms with Gasteiger partial charge in [0.1, 0.15) is 6.04 Å². The van der Waals surface area contributed by atoms with Crippen LogP contribution in [0.2, 0.25) is 0 Å². The first kappa shape index (κ1) is 14.9. The van der Waals surface area contributed by atoms with Gasteiger partial charge in [-0.15, -0.1) is 0 Å². The van der Waals surface area contributed by atoms with Gasteiger partial charge in [-0.1, -0.05) is 9.24 Å². The summed E-state index contributed by atoms with van der Waals surface area (Å²) in [6.07, 6.45) is -1.47. The van der Waals surface area contributed by atoms with Gasteiger partial charge in [0.15, 0.2) is 0 Å². The quantitative estimate of drug-likeness (QED) is 0.603. The standard InChI is InChI=1S/C10H18F3N2OP/c11-10(12,13)9(5-16)15-8-3-1-7(2-4-8)14-6-17/h6-9,15-16H,1-5,17H2. The number of aliphatic imine (C=N–C) groups is 1. The van der Waals surface area contributed by atoms with Crippen molar-refractivity contribution in [3.63, 3.8) is 0 Å². The van der Waals surface area contributed by atoms with Crippen LogP contribution >= 0.6 is 9.24 Å². The summed E-state index contributed by atoms with van der Waals surface area (Å²) in [6, 6.07) is -1.76. The molecule has 0 radical (unpaired) electrons. The van der Waals surface area contributed by atoms with Crippen LogP contribution in [0.3, 0.4) is 0 Å². The Kier molecular flexibility index (Phi) is 5.83. The molecule has 0 aliphatic heterocycles. The minimum Gasteiger partial charge on any atom is -0.394 e. The van der Waals surface area contributed by atoms with Crippen molar-refractivity contribution in [3.8, 4) is 0 Å². The van der Waals surface area contributed by atoms with E-state index in [1.54, 1.807) is 5.96 Å². The van der Waals surface area contributed by atoms with Gasteiger partial charge in [0.25, 0.3) is 0 Å². The van der Waals surface area contributed by atoms with Crippen LogP contribution in [0, 0.1) is 0 Å². The normalized spacial score (nSPS) is 28.5. The van der Waals surface area contributed by atoms with E-state index in [1.165, 1.54) is 0 Å². The van der Waals surface area contributed by atoms with Crippen LogP contribution in [0.1, 0.15) is 25.7 Å². The molecule has 0 heterocycles. The molecule has 1 aliphatic rings. The summed E-state index contributed by atoms with van der Waals surface area (Å²) < 4.78 is 37.3. The fourth-order valence-electron chi connectivity index (χ4n) is 2.05. The Balaban J connectivity index is 2.39. The smallest absolute Gasteiger partial charge is 0.394 e. The number of aliphatic hydroxyl groups excluding tert-OH is 1. The number of nitrogens with zero attached hydrogens (tertiary/aromatic N) is 1. The first-order valence-corrected chi connectivity index (χ1v) is 6.31. The first-order chi connectivity index (χ1) is 7.97. The van der Waals surface area contributed by atoms with Gasteiger partial charge in [0.05, 0.1) is 12.6 Å². The monoisotopic (exact) mass is 270 g/mol. The molecule has 1 saturated carbocycles. The van der Waals surface area contributed by atoms with Gasteiger partial charge in [-0.3, -0.25) is 4.99 Å². The average Bonchev–Trinajstić information content (AvgIpc) is 2.27. The zero-order chi connectivity index (χ0) is 12.9. The van der Waals surface area contributed by atoms with E-state index in [2.05, 4.69) is 19.5 Å². The van der Waals surface area contributed by atoms with E-state index in [0.717, 1.165) is 12.8 Å². The Labute approximate surface area is 101 Å². The van der Waals surface area contributed by atoms with Gasteiger partial charge in [0.2, 0.25) is 0 Å². The SMILES string of the molecule is OCC(NC1CCC(N=CP)CC1)C(F)(F)F. The van der Waals surface area contributed by atoms with E-state index >= 15 is 0 Å². The summed E-state index contributed by atoms with van der Waals surface area (Å²) in [6.45, 7) is -0.910. The van der Waals surface area contributed by atoms with Gasteiger partial charge < -0.3 is 10.4 Å². The molecule has 1 aliphatic carbocycles. The zero-order valence-electron chi connectivity index (χ0n) is 9.45. The van der Waals surface area contributed by atoms with Crippen LogP contribution in [-0.4, -0.2) is 42.0 Å². The highest BCUT2D eigenvalue weighted by Gasteiger charge is 2.40. The summed E-state index contributed by atoms with van der Waals surface area (Å²) in [7, 11) is 2.40. The molecule has 2 atom stereocenters. The van der Waals surface area contributed by atoms with Crippen molar-refractivity contribution in [1.29, 1.82) is 0 Å². The molecular weight excluding hydrogens is 252 g/mol. The lowest BCUT2D eigenvalue weighted by atomic mass is 9.91. The molecule has 0 aromatic carbocycles. The molecular formula is C10H18F3N2OP. The highest BCUT2D eigenvalue weighted by molar-refractivity contribution is 7.36. The molecule has 2 unspecified atom stereocenters. The van der Waals surface area contributed by atoms with E-state index in [9.17, 15) is 13.2 Å². The Morgan fingerprint density at radius 1 is 1.35 bits per heavy atom. The van der Waals surface area contributed by atoms with Crippen molar-refractivity contribution >= 4 is 15.2 Å². The second-order valence-corrected chi connectivity index (χ2v) is 4.55. The van der Waals surface area contributed by atoms with Gasteiger partial charge in [-0.2, -0.15) is 13.2 Å². The number of alkyl halides is 3. The molecule has 1 rings (SSSR count). The number of nitrogens with one attached hydrogen (secondary N) is 1. The molecule has 100 valence electrons. The maximum absolute atomic E-state index is 12.4. The largest absolute Gasteiger partial charge is 0.406 e. The highest BCUT2D eigenvalue weighted by atomic mass is 31.0. The summed E-state index contributed by atoms with van der Waals surface area (Å²) in [5, 5.41) is 11.2. The number of halogens is 3. The van der Waals surface area contributed by atoms with E-state index in [-0.39, 0.29) is 12.1 Å². The Morgan fingerprint density at radius 3 is 2.35 bits per heavy atom. The van der Waals surface area contributed by atoms with Crippen LogP contribution in [0.4, 0.5) is 13.2 Å². The topological polar surface area (TPSA) is 44.6 Å². The molecule has 0 bridgehead atoms. The predicted octanol–water partition coefficient (Wildman–Crippen LogP) is 1.71. The number of aliphatic hydroxyl groups is 1. The first-order valence-electron chi connectivity index (χ1n) is 5.64. The van der Waals surface area contributed by atoms with Crippen molar-refractivity contribution in [2.75, 3.05) is 6.61 Å². The van der Waals surface area contributed by atoms with Crippen LogP contribution in [0.15, 0.2) is 4.99 Å². The van der Waals surface area contributed by atoms with Crippen LogP contribution in [-0.2, 0) is 0 Å². The van der Waals surface area contributed by atoms with Crippen molar-refractivity contribution in [3.05, 3.63) is 0 Å². The van der Waals surface area contributed by atoms with Gasteiger partial charge in [-0.25, -0.2) is 0 Å². The van der Waals surface area contributed by atoms with E-state index < -0.39 is 18.8 Å². The Bertz CT molecular complexity index is 252. The second-order valence-electron chi connectivity index (χ2n) is 4.25. The average molecular weight is 270 g/mol. The lowest BCUT2D eigenvalue weighted by molar-refractivity contribution is -0.166. The fraction of sp³-hybridized carbons (Fsp3) is 0.900. The van der Waals surface area contributed by atoms with E-state index in [4.69, 9.17) is 5.11 Å². The minimum absolute atomic E-state index is 0.176. The van der Waals surface area contributed by atoms with Crippen LogP contribution in [0.25, 0.3) is 0 Å². The summed E-state index contributed by atoms with van der Waals surface area (Å²) in [4.78, 5) is 4.20. The number of hydrogen-bond acceptors (Lipinski definition) is 3. The summed E-state index contributed by atoms with van der Waals surface area (Å²) in [5.41, 5.74) is 0. The minimum atomic E-state index is -4.39. The lowest BCUT2D eigenvalue weighted by Crippen LogP contribution is -2.50. The third kappa shape index (κ3) is 4.90. The molecule has 0 spiro atoms. The van der Waals surface area contributed by atoms with E-state index in [0.29, 0.717) is 12.8 Å². The second kappa shape index (κ2) is 6.66. The summed E-state index contributed by atoms with van der Waals surface area (Å²) in [5.74, 6) is 1.66. The van der Waals surface area contributed by atoms with Gasteiger partial charge in [-0.05, 0) is 25.7 Å².